The number of rotatable bonds is 28. The van der Waals surface area contributed by atoms with Crippen LogP contribution in [-0.2, 0) is 47.8 Å². The summed E-state index contributed by atoms with van der Waals surface area (Å²) in [5.41, 5.74) is 6.02. The highest BCUT2D eigenvalue weighted by atomic mass is 16.6. The van der Waals surface area contributed by atoms with Crippen molar-refractivity contribution in [1.82, 2.24) is 35.6 Å². The molecule has 9 amide bonds. The Labute approximate surface area is 393 Å². The number of nitrogens with two attached hydrogens (primary N) is 1. The van der Waals surface area contributed by atoms with Crippen LogP contribution in [0.2, 0.25) is 0 Å². The highest BCUT2D eigenvalue weighted by molar-refractivity contribution is 6.02. The molecule has 0 aromatic heterocycles. The minimum Gasteiger partial charge on any atom is -0.431 e. The van der Waals surface area contributed by atoms with Gasteiger partial charge in [-0.25, -0.2) is 9.59 Å². The maximum Gasteiger partial charge on any atom is 0.410 e. The van der Waals surface area contributed by atoms with Crippen LogP contribution in [0.1, 0.15) is 91.2 Å². The summed E-state index contributed by atoms with van der Waals surface area (Å²) in [5.74, 6) is -3.46. The fraction of sp³-hybridized carbons (Fsp3) is 0.674. The molecular formula is C46H73N9O12. The van der Waals surface area contributed by atoms with Crippen molar-refractivity contribution < 1.29 is 57.4 Å². The molecule has 2 heterocycles. The third kappa shape index (κ3) is 19.2. The molecule has 2 fully saturated rings. The molecule has 3 rings (SSSR count). The second-order valence-corrected chi connectivity index (χ2v) is 17.7. The zero-order valence-corrected chi connectivity index (χ0v) is 40.3. The molecule has 4 atom stereocenters. The number of ketones is 1. The standard InChI is InChI=1S/C46H73N9O12/c1-30(2)32(5)53(7)46(64)67-42(44(62)54-23-21-52(6)22-24-54)33-10-12-35(13-11-33)50-43(61)34(9-8-18-49-45(47)63)29-36(56)41(31(3)4)51-38(58)17-25-65-27-28-66-26-19-48-37(57)16-20-55-39(59)14-15-40(55)60/h10-13,30-32,34,41-42H,8-9,14-29H2,1-7H3,(H,48,57)(H,50,61)(H,51,58)(H3,47,49,63)/t32-,34-,41+,42?/m1/s1. The van der Waals surface area contributed by atoms with E-state index in [0.717, 1.165) is 4.90 Å². The first-order chi connectivity index (χ1) is 31.8. The van der Waals surface area contributed by atoms with E-state index in [2.05, 4.69) is 26.2 Å². The van der Waals surface area contributed by atoms with E-state index >= 15 is 0 Å². The second-order valence-electron chi connectivity index (χ2n) is 17.7. The number of primary amides is 1. The number of carbonyl (C=O) groups excluding carboxylic acids is 9. The van der Waals surface area contributed by atoms with Gasteiger partial charge in [-0.1, -0.05) is 39.8 Å². The monoisotopic (exact) mass is 944 g/mol. The van der Waals surface area contributed by atoms with Gasteiger partial charge in [0.05, 0.1) is 32.5 Å². The fourth-order valence-electron chi connectivity index (χ4n) is 7.28. The molecule has 1 aromatic rings. The molecule has 1 aromatic carbocycles. The fourth-order valence-corrected chi connectivity index (χ4v) is 7.28. The average Bonchev–Trinajstić information content (AvgIpc) is 3.61. The highest BCUT2D eigenvalue weighted by Gasteiger charge is 2.34. The van der Waals surface area contributed by atoms with Crippen molar-refractivity contribution in [2.24, 2.45) is 23.5 Å². The smallest absolute Gasteiger partial charge is 0.410 e. The molecule has 374 valence electrons. The number of benzene rings is 1. The number of imide groups is 1. The van der Waals surface area contributed by atoms with E-state index in [9.17, 15) is 43.2 Å². The Balaban J connectivity index is 1.54. The Bertz CT molecular complexity index is 1820. The number of Topliss-reactive ketones (excluding diaryl/α,β-unsaturated/α-hetero) is 1. The number of hydrogen-bond donors (Lipinski definition) is 5. The van der Waals surface area contributed by atoms with Crippen LogP contribution in [0.3, 0.4) is 0 Å². The predicted molar refractivity (Wildman–Crippen MR) is 247 cm³/mol. The first-order valence-corrected chi connectivity index (χ1v) is 23.2. The zero-order chi connectivity index (χ0) is 49.6. The number of likely N-dealkylation sites (N-methyl/N-ethyl adjacent to an activating group) is 1. The lowest BCUT2D eigenvalue weighted by Gasteiger charge is -2.35. The van der Waals surface area contributed by atoms with Gasteiger partial charge in [-0.05, 0) is 50.8 Å². The van der Waals surface area contributed by atoms with E-state index in [-0.39, 0.29) is 132 Å². The lowest BCUT2D eigenvalue weighted by Crippen LogP contribution is -2.49. The van der Waals surface area contributed by atoms with Crippen LogP contribution < -0.4 is 27.0 Å². The van der Waals surface area contributed by atoms with Crippen LogP contribution in [-0.4, -0.2) is 171 Å². The summed E-state index contributed by atoms with van der Waals surface area (Å²) in [6, 6.07) is 4.65. The molecule has 21 nitrogen and oxygen atoms in total. The first-order valence-electron chi connectivity index (χ1n) is 23.2. The Morgan fingerprint density at radius 3 is 2.00 bits per heavy atom. The van der Waals surface area contributed by atoms with Gasteiger partial charge in [0, 0.05) is 108 Å². The van der Waals surface area contributed by atoms with Gasteiger partial charge in [-0.3, -0.25) is 38.5 Å². The van der Waals surface area contributed by atoms with Crippen LogP contribution in [0, 0.1) is 17.8 Å². The molecule has 2 aliphatic heterocycles. The van der Waals surface area contributed by atoms with Crippen LogP contribution in [0.25, 0.3) is 0 Å². The largest absolute Gasteiger partial charge is 0.431 e. The minimum atomic E-state index is -1.23. The topological polar surface area (TPSA) is 268 Å². The van der Waals surface area contributed by atoms with Crippen molar-refractivity contribution in [3.63, 3.8) is 0 Å². The second kappa shape index (κ2) is 28.5. The van der Waals surface area contributed by atoms with Crippen molar-refractivity contribution >= 4 is 59.0 Å². The zero-order valence-electron chi connectivity index (χ0n) is 40.3. The summed E-state index contributed by atoms with van der Waals surface area (Å²) in [6.45, 7) is 12.8. The molecule has 2 saturated heterocycles. The predicted octanol–water partition coefficient (Wildman–Crippen LogP) is 1.80. The molecule has 6 N–H and O–H groups in total. The minimum absolute atomic E-state index is 0.0110. The van der Waals surface area contributed by atoms with E-state index in [4.69, 9.17) is 19.9 Å². The number of nitrogens with one attached hydrogen (secondary N) is 4. The van der Waals surface area contributed by atoms with E-state index in [1.165, 1.54) is 4.90 Å². The van der Waals surface area contributed by atoms with Gasteiger partial charge >= 0.3 is 12.1 Å². The van der Waals surface area contributed by atoms with Crippen LogP contribution in [0.15, 0.2) is 24.3 Å². The summed E-state index contributed by atoms with van der Waals surface area (Å²) in [5, 5.41) is 10.8. The van der Waals surface area contributed by atoms with E-state index in [1.54, 1.807) is 50.1 Å². The average molecular weight is 944 g/mol. The summed E-state index contributed by atoms with van der Waals surface area (Å²) in [4.78, 5) is 121. The number of ether oxygens (including phenoxy) is 3. The van der Waals surface area contributed by atoms with E-state index in [1.807, 2.05) is 27.8 Å². The van der Waals surface area contributed by atoms with Crippen molar-refractivity contribution in [1.29, 1.82) is 0 Å². The molecule has 67 heavy (non-hydrogen) atoms. The summed E-state index contributed by atoms with van der Waals surface area (Å²) in [7, 11) is 3.61. The summed E-state index contributed by atoms with van der Waals surface area (Å²) in [6.07, 6.45) is -1.22. The van der Waals surface area contributed by atoms with Gasteiger partial charge in [0.25, 0.3) is 5.91 Å². The maximum atomic E-state index is 13.9. The normalized spacial score (nSPS) is 16.0. The number of likely N-dealkylation sites (tertiary alicyclic amines) is 1. The van der Waals surface area contributed by atoms with Gasteiger partial charge < -0.3 is 55.9 Å². The Hall–Kier alpha value is -5.67. The van der Waals surface area contributed by atoms with Crippen LogP contribution in [0.5, 0.6) is 0 Å². The van der Waals surface area contributed by atoms with Crippen LogP contribution in [0.4, 0.5) is 15.3 Å². The van der Waals surface area contributed by atoms with Crippen molar-refractivity contribution in [2.75, 3.05) is 91.7 Å². The molecule has 21 heteroatoms. The van der Waals surface area contributed by atoms with Crippen molar-refractivity contribution in [2.45, 2.75) is 97.8 Å². The number of carbonyl (C=O) groups is 9. The molecule has 0 saturated carbocycles. The van der Waals surface area contributed by atoms with E-state index < -0.39 is 42.0 Å². The lowest BCUT2D eigenvalue weighted by atomic mass is 9.89. The number of hydrogen-bond acceptors (Lipinski definition) is 13. The first kappa shape index (κ1) is 55.7. The third-order valence-electron chi connectivity index (χ3n) is 11.9. The quantitative estimate of drug-likeness (QED) is 0.0594. The van der Waals surface area contributed by atoms with Gasteiger partial charge in [0.2, 0.25) is 35.6 Å². The molecular weight excluding hydrogens is 871 g/mol. The highest BCUT2D eigenvalue weighted by Crippen LogP contribution is 2.26. The number of anilines is 1. The lowest BCUT2D eigenvalue weighted by molar-refractivity contribution is -0.143. The summed E-state index contributed by atoms with van der Waals surface area (Å²) >= 11 is 0. The summed E-state index contributed by atoms with van der Waals surface area (Å²) < 4.78 is 16.9. The molecule has 0 radical (unpaired) electrons. The van der Waals surface area contributed by atoms with Gasteiger partial charge in [0.15, 0.2) is 5.78 Å². The Kier molecular flexibility index (Phi) is 23.7. The molecule has 0 bridgehead atoms. The molecule has 1 unspecified atom stereocenters. The van der Waals surface area contributed by atoms with Crippen molar-refractivity contribution in [3.05, 3.63) is 29.8 Å². The molecule has 2 aliphatic rings. The van der Waals surface area contributed by atoms with Gasteiger partial charge in [-0.15, -0.1) is 0 Å². The third-order valence-corrected chi connectivity index (χ3v) is 11.9. The van der Waals surface area contributed by atoms with Gasteiger partial charge in [0.1, 0.15) is 0 Å². The number of urea groups is 1. The Morgan fingerprint density at radius 1 is 0.776 bits per heavy atom. The van der Waals surface area contributed by atoms with Gasteiger partial charge in [-0.2, -0.15) is 0 Å². The maximum absolute atomic E-state index is 13.9. The Morgan fingerprint density at radius 2 is 1.40 bits per heavy atom. The number of piperazine rings is 1. The number of amides is 9. The SMILES string of the molecule is CC(C)[C@H](NC(=O)CCOCCOCCNC(=O)CCN1C(=O)CCC1=O)C(=O)C[C@@H](CCCNC(N)=O)C(=O)Nc1ccc(C(OC(=O)N(C)[C@H](C)C(C)C)C(=O)N2CCN(C)CC2)cc1. The molecule has 0 spiro atoms. The van der Waals surface area contributed by atoms with Crippen LogP contribution >= 0.6 is 0 Å². The molecule has 0 aliphatic carbocycles. The number of nitrogens with zero attached hydrogens (tertiary/aromatic N) is 4. The van der Waals surface area contributed by atoms with Crippen molar-refractivity contribution in [3.8, 4) is 0 Å². The van der Waals surface area contributed by atoms with E-state index in [0.29, 0.717) is 43.9 Å².